The van der Waals surface area contributed by atoms with Gasteiger partial charge >= 0.3 is 0 Å². The van der Waals surface area contributed by atoms with E-state index < -0.39 is 6.10 Å². The van der Waals surface area contributed by atoms with Gasteiger partial charge in [0.1, 0.15) is 0 Å². The minimum absolute atomic E-state index is 0.475. The van der Waals surface area contributed by atoms with Gasteiger partial charge in [-0.1, -0.05) is 55.8 Å². The highest BCUT2D eigenvalue weighted by Crippen LogP contribution is 2.30. The number of rotatable bonds is 7. The van der Waals surface area contributed by atoms with Crippen LogP contribution in [-0.2, 0) is 0 Å². The second-order valence-corrected chi connectivity index (χ2v) is 7.16. The zero-order chi connectivity index (χ0) is 17.8. The van der Waals surface area contributed by atoms with Crippen LogP contribution in [0.4, 0.5) is 0 Å². The van der Waals surface area contributed by atoms with Crippen molar-refractivity contribution in [2.45, 2.75) is 32.8 Å². The molecular formula is C22H26ClNO. The zero-order valence-corrected chi connectivity index (χ0v) is 15.8. The van der Waals surface area contributed by atoms with Crippen molar-refractivity contribution in [3.05, 3.63) is 59.1 Å². The Hall–Kier alpha value is -1.61. The Kier molecular flexibility index (Phi) is 5.95. The number of aliphatic hydroxyl groups excluding tert-OH is 1. The van der Waals surface area contributed by atoms with Gasteiger partial charge in [0.2, 0.25) is 0 Å². The summed E-state index contributed by atoms with van der Waals surface area (Å²) in [4.78, 5) is 2.34. The SMILES string of the molecule is CCCN(CCC)CC(O)c1ccc2ccc3ccc(Cl)cc3c2c1. The fourth-order valence-electron chi connectivity index (χ4n) is 3.52. The molecule has 2 nitrogen and oxygen atoms in total. The molecule has 1 N–H and O–H groups in total. The van der Waals surface area contributed by atoms with Crippen LogP contribution in [-0.4, -0.2) is 29.6 Å². The van der Waals surface area contributed by atoms with E-state index in [0.29, 0.717) is 6.54 Å². The molecule has 0 aliphatic carbocycles. The smallest absolute Gasteiger partial charge is 0.0917 e. The van der Waals surface area contributed by atoms with E-state index in [9.17, 15) is 5.11 Å². The molecule has 1 atom stereocenters. The Balaban J connectivity index is 1.96. The second kappa shape index (κ2) is 8.18. The molecule has 0 fully saturated rings. The van der Waals surface area contributed by atoms with Crippen LogP contribution in [0.3, 0.4) is 0 Å². The maximum atomic E-state index is 10.8. The number of nitrogens with zero attached hydrogens (tertiary/aromatic N) is 1. The van der Waals surface area contributed by atoms with Crippen LogP contribution in [0.15, 0.2) is 48.5 Å². The average Bonchev–Trinajstić information content (AvgIpc) is 2.61. The molecule has 3 aromatic rings. The lowest BCUT2D eigenvalue weighted by molar-refractivity contribution is 0.113. The van der Waals surface area contributed by atoms with Gasteiger partial charge in [-0.2, -0.15) is 0 Å². The summed E-state index contributed by atoms with van der Waals surface area (Å²) in [6.45, 7) is 7.09. The molecule has 0 heterocycles. The van der Waals surface area contributed by atoms with Crippen molar-refractivity contribution in [1.82, 2.24) is 4.90 Å². The summed E-state index contributed by atoms with van der Waals surface area (Å²) >= 11 is 6.20. The van der Waals surface area contributed by atoms with Gasteiger partial charge in [-0.25, -0.2) is 0 Å². The highest BCUT2D eigenvalue weighted by atomic mass is 35.5. The summed E-state index contributed by atoms with van der Waals surface area (Å²) in [6.07, 6.45) is 1.73. The maximum Gasteiger partial charge on any atom is 0.0917 e. The Morgan fingerprint density at radius 1 is 0.880 bits per heavy atom. The van der Waals surface area contributed by atoms with Crippen LogP contribution in [0.2, 0.25) is 5.02 Å². The highest BCUT2D eigenvalue weighted by molar-refractivity contribution is 6.31. The van der Waals surface area contributed by atoms with Crippen molar-refractivity contribution >= 4 is 33.1 Å². The third-order valence-electron chi connectivity index (χ3n) is 4.72. The van der Waals surface area contributed by atoms with Gasteiger partial charge in [0.15, 0.2) is 0 Å². The topological polar surface area (TPSA) is 23.5 Å². The summed E-state index contributed by atoms with van der Waals surface area (Å²) in [5, 5.41) is 16.1. The molecule has 0 radical (unpaired) electrons. The fourth-order valence-corrected chi connectivity index (χ4v) is 3.70. The van der Waals surface area contributed by atoms with Crippen molar-refractivity contribution < 1.29 is 5.11 Å². The van der Waals surface area contributed by atoms with Crippen molar-refractivity contribution in [2.24, 2.45) is 0 Å². The van der Waals surface area contributed by atoms with E-state index in [-0.39, 0.29) is 0 Å². The molecular weight excluding hydrogens is 330 g/mol. The number of hydrogen-bond acceptors (Lipinski definition) is 2. The Bertz CT molecular complexity index is 855. The molecule has 0 aliphatic heterocycles. The van der Waals surface area contributed by atoms with Crippen LogP contribution in [0, 0.1) is 0 Å². The first-order valence-corrected chi connectivity index (χ1v) is 9.52. The first kappa shape index (κ1) is 18.2. The number of hydrogen-bond donors (Lipinski definition) is 1. The minimum atomic E-state index is -0.475. The quantitative estimate of drug-likeness (QED) is 0.541. The molecule has 3 aromatic carbocycles. The van der Waals surface area contributed by atoms with Crippen LogP contribution in [0.1, 0.15) is 38.4 Å². The van der Waals surface area contributed by atoms with E-state index in [1.807, 2.05) is 24.3 Å². The predicted octanol–water partition coefficient (Wildman–Crippen LogP) is 5.80. The Morgan fingerprint density at radius 2 is 1.44 bits per heavy atom. The van der Waals surface area contributed by atoms with Gasteiger partial charge in [-0.3, -0.25) is 0 Å². The van der Waals surface area contributed by atoms with Gasteiger partial charge in [0.05, 0.1) is 6.10 Å². The van der Waals surface area contributed by atoms with Crippen LogP contribution >= 0.6 is 11.6 Å². The first-order valence-electron chi connectivity index (χ1n) is 9.14. The first-order chi connectivity index (χ1) is 12.1. The number of benzene rings is 3. The van der Waals surface area contributed by atoms with Gasteiger partial charge in [-0.15, -0.1) is 0 Å². The Labute approximate surface area is 155 Å². The summed E-state index contributed by atoms with van der Waals surface area (Å²) in [5.41, 5.74) is 0.970. The lowest BCUT2D eigenvalue weighted by atomic mass is 9.98. The fraction of sp³-hybridized carbons (Fsp3) is 0.364. The molecule has 0 aliphatic rings. The lowest BCUT2D eigenvalue weighted by Crippen LogP contribution is -2.30. The third-order valence-corrected chi connectivity index (χ3v) is 4.96. The lowest BCUT2D eigenvalue weighted by Gasteiger charge is -2.24. The monoisotopic (exact) mass is 355 g/mol. The molecule has 25 heavy (non-hydrogen) atoms. The van der Waals surface area contributed by atoms with Crippen molar-refractivity contribution in [1.29, 1.82) is 0 Å². The average molecular weight is 356 g/mol. The number of fused-ring (bicyclic) bond motifs is 3. The standard InChI is InChI=1S/C22H26ClNO/c1-3-11-24(12-4-2)15-22(25)18-8-7-16-5-6-17-9-10-19(23)14-21(17)20(16)13-18/h5-10,13-14,22,25H,3-4,11-12,15H2,1-2H3. The zero-order valence-electron chi connectivity index (χ0n) is 15.0. The maximum absolute atomic E-state index is 10.8. The summed E-state index contributed by atoms with van der Waals surface area (Å²) in [6, 6.07) is 16.5. The highest BCUT2D eigenvalue weighted by Gasteiger charge is 2.14. The van der Waals surface area contributed by atoms with E-state index in [0.717, 1.165) is 47.3 Å². The van der Waals surface area contributed by atoms with Crippen LogP contribution < -0.4 is 0 Å². The molecule has 0 amide bonds. The molecule has 0 spiro atoms. The molecule has 0 saturated heterocycles. The van der Waals surface area contributed by atoms with Gasteiger partial charge in [0, 0.05) is 11.6 Å². The normalized spacial score (nSPS) is 13.0. The molecule has 1 unspecified atom stereocenters. The van der Waals surface area contributed by atoms with E-state index in [4.69, 9.17) is 11.6 Å². The Morgan fingerprint density at radius 3 is 2.08 bits per heavy atom. The van der Waals surface area contributed by atoms with E-state index >= 15 is 0 Å². The van der Waals surface area contributed by atoms with Crippen molar-refractivity contribution in [3.63, 3.8) is 0 Å². The molecule has 3 rings (SSSR count). The van der Waals surface area contributed by atoms with Crippen LogP contribution in [0.25, 0.3) is 21.5 Å². The predicted molar refractivity (Wildman–Crippen MR) is 108 cm³/mol. The summed E-state index contributed by atoms with van der Waals surface area (Å²) in [7, 11) is 0. The minimum Gasteiger partial charge on any atom is -0.387 e. The van der Waals surface area contributed by atoms with Crippen molar-refractivity contribution in [2.75, 3.05) is 19.6 Å². The van der Waals surface area contributed by atoms with Gasteiger partial charge < -0.3 is 10.0 Å². The summed E-state index contributed by atoms with van der Waals surface area (Å²) < 4.78 is 0. The molecule has 132 valence electrons. The van der Waals surface area contributed by atoms with E-state index in [1.54, 1.807) is 0 Å². The number of aliphatic hydroxyl groups is 1. The molecule has 3 heteroatoms. The summed E-state index contributed by atoms with van der Waals surface area (Å²) in [5.74, 6) is 0. The second-order valence-electron chi connectivity index (χ2n) is 6.73. The van der Waals surface area contributed by atoms with Gasteiger partial charge in [-0.05, 0) is 71.2 Å². The molecule has 0 bridgehead atoms. The number of halogens is 1. The van der Waals surface area contributed by atoms with Crippen molar-refractivity contribution in [3.8, 4) is 0 Å². The van der Waals surface area contributed by atoms with E-state index in [2.05, 4.69) is 43.0 Å². The third kappa shape index (κ3) is 4.14. The van der Waals surface area contributed by atoms with E-state index in [1.165, 1.54) is 10.8 Å². The van der Waals surface area contributed by atoms with Crippen LogP contribution in [0.5, 0.6) is 0 Å². The largest absolute Gasteiger partial charge is 0.387 e. The molecule has 0 saturated carbocycles. The van der Waals surface area contributed by atoms with Gasteiger partial charge in [0.25, 0.3) is 0 Å². The molecule has 0 aromatic heterocycles.